The fraction of sp³-hybridized carbons (Fsp3) is 0.938. The highest BCUT2D eigenvalue weighted by atomic mass is 16.5. The van der Waals surface area contributed by atoms with Gasteiger partial charge in [0.15, 0.2) is 0 Å². The van der Waals surface area contributed by atoms with Gasteiger partial charge in [-0.15, -0.1) is 0 Å². The number of hydrogen-bond acceptors (Lipinski definition) is 3. The Labute approximate surface area is 124 Å². The van der Waals surface area contributed by atoms with E-state index in [1.54, 1.807) is 6.92 Å². The summed E-state index contributed by atoms with van der Waals surface area (Å²) in [5.74, 6) is -0.0247. The van der Waals surface area contributed by atoms with Crippen molar-refractivity contribution in [2.75, 3.05) is 19.8 Å². The first-order chi connectivity index (χ1) is 9.42. The monoisotopic (exact) mass is 287 g/mol. The van der Waals surface area contributed by atoms with E-state index < -0.39 is 11.5 Å². The van der Waals surface area contributed by atoms with Gasteiger partial charge in [-0.1, -0.05) is 20.8 Å². The van der Waals surface area contributed by atoms with E-state index in [9.17, 15) is 9.90 Å². The molecule has 0 radical (unpaired) electrons. The highest BCUT2D eigenvalue weighted by molar-refractivity contribution is 5.78. The lowest BCUT2D eigenvalue weighted by molar-refractivity contribution is -0.144. The minimum Gasteiger partial charge on any atom is -0.480 e. The molecule has 4 nitrogen and oxygen atoms in total. The van der Waals surface area contributed by atoms with Gasteiger partial charge < -0.3 is 15.2 Å². The maximum atomic E-state index is 11.3. The van der Waals surface area contributed by atoms with Crippen LogP contribution < -0.4 is 5.32 Å². The van der Waals surface area contributed by atoms with Gasteiger partial charge in [0.05, 0.1) is 0 Å². The Morgan fingerprint density at radius 2 is 1.90 bits per heavy atom. The van der Waals surface area contributed by atoms with Crippen LogP contribution in [0.3, 0.4) is 0 Å². The van der Waals surface area contributed by atoms with Crippen LogP contribution in [0, 0.1) is 5.92 Å². The first-order valence-electron chi connectivity index (χ1n) is 7.98. The van der Waals surface area contributed by atoms with E-state index in [0.29, 0.717) is 6.42 Å². The molecule has 2 N–H and O–H groups in total. The summed E-state index contributed by atoms with van der Waals surface area (Å²) in [6, 6.07) is 0. The Kier molecular flexibility index (Phi) is 10.8. The third-order valence-corrected chi connectivity index (χ3v) is 3.52. The van der Waals surface area contributed by atoms with Crippen LogP contribution in [0.5, 0.6) is 0 Å². The molecule has 0 amide bonds. The number of carboxylic acid groups (broad SMARTS) is 1. The van der Waals surface area contributed by atoms with Gasteiger partial charge in [-0.2, -0.15) is 0 Å². The Morgan fingerprint density at radius 3 is 2.45 bits per heavy atom. The summed E-state index contributed by atoms with van der Waals surface area (Å²) < 4.78 is 5.57. The van der Waals surface area contributed by atoms with Gasteiger partial charge in [0, 0.05) is 13.2 Å². The number of ether oxygens (including phenoxy) is 1. The van der Waals surface area contributed by atoms with Crippen LogP contribution in [0.4, 0.5) is 0 Å². The molecule has 0 saturated heterocycles. The lowest BCUT2D eigenvalue weighted by Crippen LogP contribution is -2.49. The Bertz CT molecular complexity index is 256. The van der Waals surface area contributed by atoms with Gasteiger partial charge in [-0.05, 0) is 57.9 Å². The lowest BCUT2D eigenvalue weighted by Gasteiger charge is -2.26. The third-order valence-electron chi connectivity index (χ3n) is 3.52. The molecular formula is C16H33NO3. The smallest absolute Gasteiger partial charge is 0.323 e. The van der Waals surface area contributed by atoms with E-state index in [0.717, 1.165) is 51.4 Å². The number of rotatable bonds is 13. The summed E-state index contributed by atoms with van der Waals surface area (Å²) in [5, 5.41) is 12.4. The van der Waals surface area contributed by atoms with Crippen LogP contribution in [0.1, 0.15) is 66.2 Å². The van der Waals surface area contributed by atoms with Crippen LogP contribution >= 0.6 is 0 Å². The van der Waals surface area contributed by atoms with Crippen molar-refractivity contribution >= 4 is 5.97 Å². The summed E-state index contributed by atoms with van der Waals surface area (Å²) in [6.07, 6.45) is 5.72. The second kappa shape index (κ2) is 11.1. The molecular weight excluding hydrogens is 254 g/mol. The van der Waals surface area contributed by atoms with Gasteiger partial charge in [0.1, 0.15) is 5.54 Å². The summed E-state index contributed by atoms with van der Waals surface area (Å²) in [4.78, 5) is 11.3. The Hall–Kier alpha value is -0.610. The zero-order chi connectivity index (χ0) is 15.4. The third kappa shape index (κ3) is 9.32. The van der Waals surface area contributed by atoms with Crippen molar-refractivity contribution in [1.29, 1.82) is 0 Å². The second-order valence-corrected chi connectivity index (χ2v) is 6.17. The highest BCUT2D eigenvalue weighted by Crippen LogP contribution is 2.14. The van der Waals surface area contributed by atoms with Crippen molar-refractivity contribution in [3.8, 4) is 0 Å². The quantitative estimate of drug-likeness (QED) is 0.509. The van der Waals surface area contributed by atoms with E-state index in [1.165, 1.54) is 6.42 Å². The van der Waals surface area contributed by atoms with Crippen molar-refractivity contribution in [2.24, 2.45) is 5.92 Å². The predicted molar refractivity (Wildman–Crippen MR) is 83.1 cm³/mol. The number of carboxylic acids is 1. The second-order valence-electron chi connectivity index (χ2n) is 6.17. The van der Waals surface area contributed by atoms with Crippen molar-refractivity contribution in [3.05, 3.63) is 0 Å². The standard InChI is InChI=1S/C16H33NO3/c1-5-11-17-16(4,15(18)19)10-6-7-12-20-13-8-9-14(2)3/h14,17H,5-13H2,1-4H3,(H,18,19). The molecule has 0 aromatic rings. The molecule has 0 aromatic heterocycles. The average Bonchev–Trinajstić information content (AvgIpc) is 2.39. The first kappa shape index (κ1) is 19.4. The lowest BCUT2D eigenvalue weighted by atomic mass is 9.95. The molecule has 20 heavy (non-hydrogen) atoms. The maximum Gasteiger partial charge on any atom is 0.323 e. The molecule has 0 bridgehead atoms. The van der Waals surface area contributed by atoms with Crippen LogP contribution in [0.15, 0.2) is 0 Å². The normalized spacial score (nSPS) is 14.4. The molecule has 0 heterocycles. The molecule has 4 heteroatoms. The Morgan fingerprint density at radius 1 is 1.25 bits per heavy atom. The summed E-state index contributed by atoms with van der Waals surface area (Å²) >= 11 is 0. The maximum absolute atomic E-state index is 11.3. The molecule has 0 aliphatic carbocycles. The summed E-state index contributed by atoms with van der Waals surface area (Å²) in [5.41, 5.74) is -0.798. The van der Waals surface area contributed by atoms with Gasteiger partial charge in [0.25, 0.3) is 0 Å². The topological polar surface area (TPSA) is 58.6 Å². The van der Waals surface area contributed by atoms with E-state index in [1.807, 2.05) is 6.92 Å². The fourth-order valence-electron chi connectivity index (χ4n) is 2.05. The predicted octanol–water partition coefficient (Wildman–Crippen LogP) is 3.45. The molecule has 0 rings (SSSR count). The number of carbonyl (C=O) groups is 1. The van der Waals surface area contributed by atoms with Crippen LogP contribution in [-0.2, 0) is 9.53 Å². The van der Waals surface area contributed by atoms with Crippen molar-refractivity contribution < 1.29 is 14.6 Å². The number of hydrogen-bond donors (Lipinski definition) is 2. The summed E-state index contributed by atoms with van der Waals surface area (Å²) in [6.45, 7) is 10.6. The molecule has 120 valence electrons. The largest absolute Gasteiger partial charge is 0.480 e. The van der Waals surface area contributed by atoms with Crippen LogP contribution in [-0.4, -0.2) is 36.4 Å². The average molecular weight is 287 g/mol. The van der Waals surface area contributed by atoms with E-state index in [-0.39, 0.29) is 0 Å². The number of nitrogens with one attached hydrogen (secondary N) is 1. The minimum absolute atomic E-state index is 0.650. The molecule has 1 atom stereocenters. The van der Waals surface area contributed by atoms with Gasteiger partial charge in [0.2, 0.25) is 0 Å². The Balaban J connectivity index is 3.66. The van der Waals surface area contributed by atoms with Gasteiger partial charge >= 0.3 is 5.97 Å². The van der Waals surface area contributed by atoms with Crippen molar-refractivity contribution in [2.45, 2.75) is 71.8 Å². The number of unbranched alkanes of at least 4 members (excludes halogenated alkanes) is 1. The van der Waals surface area contributed by atoms with Gasteiger partial charge in [-0.25, -0.2) is 0 Å². The number of aliphatic carboxylic acids is 1. The highest BCUT2D eigenvalue weighted by Gasteiger charge is 2.31. The first-order valence-corrected chi connectivity index (χ1v) is 7.98. The molecule has 1 unspecified atom stereocenters. The zero-order valence-electron chi connectivity index (χ0n) is 13.7. The molecule has 0 spiro atoms. The van der Waals surface area contributed by atoms with Crippen molar-refractivity contribution in [3.63, 3.8) is 0 Å². The summed E-state index contributed by atoms with van der Waals surface area (Å²) in [7, 11) is 0. The zero-order valence-corrected chi connectivity index (χ0v) is 13.7. The molecule has 0 aromatic carbocycles. The van der Waals surface area contributed by atoms with E-state index >= 15 is 0 Å². The van der Waals surface area contributed by atoms with Crippen LogP contribution in [0.25, 0.3) is 0 Å². The molecule has 0 aliphatic rings. The SMILES string of the molecule is CCCNC(C)(CCCCOCCCC(C)C)C(=O)O. The van der Waals surface area contributed by atoms with Crippen LogP contribution in [0.2, 0.25) is 0 Å². The van der Waals surface area contributed by atoms with E-state index in [4.69, 9.17) is 4.74 Å². The van der Waals surface area contributed by atoms with Crippen molar-refractivity contribution in [1.82, 2.24) is 5.32 Å². The molecule has 0 aliphatic heterocycles. The molecule has 0 saturated carbocycles. The van der Waals surface area contributed by atoms with E-state index in [2.05, 4.69) is 19.2 Å². The fourth-order valence-corrected chi connectivity index (χ4v) is 2.05. The van der Waals surface area contributed by atoms with Gasteiger partial charge in [-0.3, -0.25) is 4.79 Å². The minimum atomic E-state index is -0.798. The molecule has 0 fully saturated rings.